The van der Waals surface area contributed by atoms with Gasteiger partial charge in [0.15, 0.2) is 0 Å². The molecule has 182 valence electrons. The molecule has 1 saturated heterocycles. The van der Waals surface area contributed by atoms with E-state index in [9.17, 15) is 14.4 Å². The lowest BCUT2D eigenvalue weighted by Crippen LogP contribution is -2.54. The third kappa shape index (κ3) is 6.90. The number of methoxy groups -OCH3 is 1. The monoisotopic (exact) mass is 465 g/mol. The summed E-state index contributed by atoms with van der Waals surface area (Å²) in [5.74, 6) is -0.517. The molecule has 0 bridgehead atoms. The second-order valence-electron chi connectivity index (χ2n) is 8.95. The molecule has 2 N–H and O–H groups in total. The van der Waals surface area contributed by atoms with Crippen molar-refractivity contribution in [1.82, 2.24) is 15.5 Å². The molecule has 1 unspecified atom stereocenters. The number of hydrogen-bond acceptors (Lipinski definition) is 4. The zero-order chi connectivity index (χ0) is 24.5. The van der Waals surface area contributed by atoms with Gasteiger partial charge < -0.3 is 20.3 Å². The second-order valence-corrected chi connectivity index (χ2v) is 8.95. The Morgan fingerprint density at radius 2 is 1.50 bits per heavy atom. The van der Waals surface area contributed by atoms with Crippen LogP contribution in [0.5, 0.6) is 0 Å². The minimum absolute atomic E-state index is 0.00251. The lowest BCUT2D eigenvalue weighted by atomic mass is 9.88. The topological polar surface area (TPSA) is 87.7 Å². The summed E-state index contributed by atoms with van der Waals surface area (Å²) < 4.78 is 5.05. The summed E-state index contributed by atoms with van der Waals surface area (Å²) in [6.07, 6.45) is 1.98. The molecule has 1 fully saturated rings. The molecule has 34 heavy (non-hydrogen) atoms. The van der Waals surface area contributed by atoms with Crippen LogP contribution in [0.4, 0.5) is 0 Å². The summed E-state index contributed by atoms with van der Waals surface area (Å²) in [6, 6.07) is 14.2. The molecule has 0 aromatic heterocycles. The van der Waals surface area contributed by atoms with E-state index in [1.165, 1.54) is 0 Å². The molecule has 1 atom stereocenters. The summed E-state index contributed by atoms with van der Waals surface area (Å²) in [5.41, 5.74) is 3.37. The number of amides is 3. The van der Waals surface area contributed by atoms with Crippen molar-refractivity contribution in [2.45, 2.75) is 39.2 Å². The Bertz CT molecular complexity index is 964. The van der Waals surface area contributed by atoms with Crippen molar-refractivity contribution >= 4 is 17.7 Å². The van der Waals surface area contributed by atoms with Gasteiger partial charge in [0.05, 0.1) is 0 Å². The molecule has 2 aromatic rings. The zero-order valence-corrected chi connectivity index (χ0v) is 20.3. The SMILES string of the molecule is COCCCNC(=O)C(NC(=O)c1ccc(C)cc1)C1CCN(C(=O)c2ccc(C)cc2)CC1. The summed E-state index contributed by atoms with van der Waals surface area (Å²) in [7, 11) is 1.62. The Morgan fingerprint density at radius 3 is 2.06 bits per heavy atom. The molecule has 1 aliphatic heterocycles. The molecular formula is C27H35N3O4. The largest absolute Gasteiger partial charge is 0.385 e. The Hall–Kier alpha value is -3.19. The van der Waals surface area contributed by atoms with Gasteiger partial charge >= 0.3 is 0 Å². The number of likely N-dealkylation sites (tertiary alicyclic amines) is 1. The predicted molar refractivity (Wildman–Crippen MR) is 132 cm³/mol. The fraction of sp³-hybridized carbons (Fsp3) is 0.444. The molecule has 0 spiro atoms. The number of benzene rings is 2. The third-order valence-corrected chi connectivity index (χ3v) is 6.30. The number of rotatable bonds is 9. The Morgan fingerprint density at radius 1 is 0.941 bits per heavy atom. The van der Waals surface area contributed by atoms with E-state index >= 15 is 0 Å². The third-order valence-electron chi connectivity index (χ3n) is 6.30. The molecule has 0 aliphatic carbocycles. The van der Waals surface area contributed by atoms with Crippen LogP contribution in [-0.2, 0) is 9.53 Å². The van der Waals surface area contributed by atoms with Gasteiger partial charge in [-0.1, -0.05) is 35.4 Å². The molecule has 0 radical (unpaired) electrons. The van der Waals surface area contributed by atoms with Gasteiger partial charge in [-0.2, -0.15) is 0 Å². The van der Waals surface area contributed by atoms with Gasteiger partial charge in [-0.05, 0) is 63.3 Å². The number of hydrogen-bond donors (Lipinski definition) is 2. The number of carbonyl (C=O) groups is 3. The highest BCUT2D eigenvalue weighted by atomic mass is 16.5. The standard InChI is InChI=1S/C27H35N3O4/c1-19-5-9-22(10-6-19)25(31)29-24(26(32)28-15-4-18-34-3)21-13-16-30(17-14-21)27(33)23-11-7-20(2)8-12-23/h5-12,21,24H,4,13-18H2,1-3H3,(H,28,32)(H,29,31). The van der Waals surface area contributed by atoms with Gasteiger partial charge in [-0.25, -0.2) is 0 Å². The maximum Gasteiger partial charge on any atom is 0.253 e. The lowest BCUT2D eigenvalue weighted by Gasteiger charge is -2.36. The maximum absolute atomic E-state index is 13.0. The molecular weight excluding hydrogens is 430 g/mol. The molecule has 3 amide bonds. The maximum atomic E-state index is 13.0. The minimum atomic E-state index is -0.659. The van der Waals surface area contributed by atoms with E-state index in [0.717, 1.165) is 11.1 Å². The summed E-state index contributed by atoms with van der Waals surface area (Å²) in [4.78, 5) is 40.7. The van der Waals surface area contributed by atoms with Gasteiger partial charge in [0.1, 0.15) is 6.04 Å². The van der Waals surface area contributed by atoms with E-state index in [1.807, 2.05) is 55.1 Å². The van der Waals surface area contributed by atoms with E-state index in [2.05, 4.69) is 10.6 Å². The summed E-state index contributed by atoms with van der Waals surface area (Å²) >= 11 is 0. The molecule has 7 heteroatoms. The van der Waals surface area contributed by atoms with Gasteiger partial charge in [0, 0.05) is 44.5 Å². The number of nitrogens with one attached hydrogen (secondary N) is 2. The highest BCUT2D eigenvalue weighted by Gasteiger charge is 2.34. The van der Waals surface area contributed by atoms with Crippen molar-refractivity contribution in [2.24, 2.45) is 5.92 Å². The van der Waals surface area contributed by atoms with E-state index in [1.54, 1.807) is 19.2 Å². The molecule has 2 aromatic carbocycles. The van der Waals surface area contributed by atoms with Crippen LogP contribution in [0.3, 0.4) is 0 Å². The number of piperidine rings is 1. The molecule has 7 nitrogen and oxygen atoms in total. The lowest BCUT2D eigenvalue weighted by molar-refractivity contribution is -0.124. The van der Waals surface area contributed by atoms with Crippen LogP contribution in [0.25, 0.3) is 0 Å². The Kier molecular flexibility index (Phi) is 9.22. The normalized spacial score (nSPS) is 15.0. The van der Waals surface area contributed by atoms with Gasteiger partial charge in [0.25, 0.3) is 11.8 Å². The number of ether oxygens (including phenoxy) is 1. The molecule has 1 aliphatic rings. The van der Waals surface area contributed by atoms with Crippen molar-refractivity contribution in [1.29, 1.82) is 0 Å². The minimum Gasteiger partial charge on any atom is -0.385 e. The van der Waals surface area contributed by atoms with E-state index in [4.69, 9.17) is 4.74 Å². The Labute approximate surface area is 201 Å². The first-order chi connectivity index (χ1) is 16.4. The quantitative estimate of drug-likeness (QED) is 0.557. The average molecular weight is 466 g/mol. The summed E-state index contributed by atoms with van der Waals surface area (Å²) in [5, 5.41) is 5.89. The highest BCUT2D eigenvalue weighted by Crippen LogP contribution is 2.23. The molecule has 3 rings (SSSR count). The predicted octanol–water partition coefficient (Wildman–Crippen LogP) is 3.11. The van der Waals surface area contributed by atoms with Crippen LogP contribution >= 0.6 is 0 Å². The van der Waals surface area contributed by atoms with Crippen molar-refractivity contribution < 1.29 is 19.1 Å². The number of carbonyl (C=O) groups excluding carboxylic acids is 3. The fourth-order valence-electron chi connectivity index (χ4n) is 4.18. The smallest absolute Gasteiger partial charge is 0.253 e. The molecule has 1 heterocycles. The zero-order valence-electron chi connectivity index (χ0n) is 20.3. The van der Waals surface area contributed by atoms with Crippen LogP contribution in [0, 0.1) is 19.8 Å². The number of aryl methyl sites for hydroxylation is 2. The average Bonchev–Trinajstić information content (AvgIpc) is 2.85. The fourth-order valence-corrected chi connectivity index (χ4v) is 4.18. The molecule has 0 saturated carbocycles. The van der Waals surface area contributed by atoms with E-state index in [0.29, 0.717) is 56.6 Å². The Balaban J connectivity index is 1.65. The van der Waals surface area contributed by atoms with Crippen molar-refractivity contribution in [2.75, 3.05) is 33.4 Å². The number of nitrogens with zero attached hydrogens (tertiary/aromatic N) is 1. The van der Waals surface area contributed by atoms with Crippen LogP contribution in [0.15, 0.2) is 48.5 Å². The van der Waals surface area contributed by atoms with Crippen LogP contribution in [0.2, 0.25) is 0 Å². The van der Waals surface area contributed by atoms with Crippen molar-refractivity contribution in [3.63, 3.8) is 0 Å². The van der Waals surface area contributed by atoms with Crippen LogP contribution in [0.1, 0.15) is 51.1 Å². The first-order valence-electron chi connectivity index (χ1n) is 11.9. The van der Waals surface area contributed by atoms with E-state index in [-0.39, 0.29) is 23.6 Å². The van der Waals surface area contributed by atoms with Crippen LogP contribution in [-0.4, -0.2) is 62.0 Å². The van der Waals surface area contributed by atoms with Crippen molar-refractivity contribution in [3.05, 3.63) is 70.8 Å². The van der Waals surface area contributed by atoms with E-state index < -0.39 is 6.04 Å². The summed E-state index contributed by atoms with van der Waals surface area (Å²) in [6.45, 7) is 6.08. The first kappa shape index (κ1) is 25.4. The highest BCUT2D eigenvalue weighted by molar-refractivity contribution is 5.97. The second kappa shape index (κ2) is 12.3. The van der Waals surface area contributed by atoms with Crippen LogP contribution < -0.4 is 10.6 Å². The first-order valence-corrected chi connectivity index (χ1v) is 11.9. The van der Waals surface area contributed by atoms with Gasteiger partial charge in [0.2, 0.25) is 5.91 Å². The van der Waals surface area contributed by atoms with Gasteiger partial charge in [-0.3, -0.25) is 14.4 Å². The van der Waals surface area contributed by atoms with Crippen molar-refractivity contribution in [3.8, 4) is 0 Å². The van der Waals surface area contributed by atoms with Gasteiger partial charge in [-0.15, -0.1) is 0 Å².